The average molecular weight is 298 g/mol. The quantitative estimate of drug-likeness (QED) is 0.787. The molecule has 2 aliphatic rings. The van der Waals surface area contributed by atoms with Crippen molar-refractivity contribution in [3.05, 3.63) is 0 Å². The van der Waals surface area contributed by atoms with Gasteiger partial charge >= 0.3 is 0 Å². The zero-order valence-corrected chi connectivity index (χ0v) is 13.9. The van der Waals surface area contributed by atoms with E-state index in [4.69, 9.17) is 10.5 Å². The Labute approximate surface area is 130 Å². The van der Waals surface area contributed by atoms with Gasteiger partial charge in [-0.1, -0.05) is 26.2 Å². The number of hydrogen-bond acceptors (Lipinski definition) is 4. The first-order valence-electron chi connectivity index (χ1n) is 8.78. The summed E-state index contributed by atoms with van der Waals surface area (Å²) < 4.78 is 5.38. The van der Waals surface area contributed by atoms with Crippen LogP contribution in [0.3, 0.4) is 0 Å². The Morgan fingerprint density at radius 1 is 1.29 bits per heavy atom. The Morgan fingerprint density at radius 2 is 2.00 bits per heavy atom. The minimum absolute atomic E-state index is 0.534. The molecule has 3 N–H and O–H groups in total. The summed E-state index contributed by atoms with van der Waals surface area (Å²) in [6.45, 7) is 5.19. The van der Waals surface area contributed by atoms with Crippen molar-refractivity contribution in [1.29, 1.82) is 0 Å². The van der Waals surface area contributed by atoms with Crippen molar-refractivity contribution in [3.8, 4) is 0 Å². The highest BCUT2D eigenvalue weighted by Crippen LogP contribution is 2.35. The molecule has 21 heavy (non-hydrogen) atoms. The molecule has 0 bridgehead atoms. The fourth-order valence-corrected chi connectivity index (χ4v) is 4.27. The van der Waals surface area contributed by atoms with Gasteiger partial charge in [0.1, 0.15) is 0 Å². The molecule has 0 aromatic rings. The molecule has 0 radical (unpaired) electrons. The van der Waals surface area contributed by atoms with Gasteiger partial charge in [0.05, 0.1) is 5.60 Å². The molecule has 2 fully saturated rings. The monoisotopic (exact) mass is 298 g/mol. The molecular formula is C17H34N2O2. The van der Waals surface area contributed by atoms with Gasteiger partial charge in [-0.15, -0.1) is 0 Å². The van der Waals surface area contributed by atoms with E-state index in [1.54, 1.807) is 0 Å². The van der Waals surface area contributed by atoms with Gasteiger partial charge in [-0.25, -0.2) is 0 Å². The first-order chi connectivity index (χ1) is 10.1. The van der Waals surface area contributed by atoms with Crippen molar-refractivity contribution in [2.24, 2.45) is 17.6 Å². The van der Waals surface area contributed by atoms with Crippen LogP contribution in [0.1, 0.15) is 51.9 Å². The number of nitrogens with two attached hydrogens (primary N) is 1. The van der Waals surface area contributed by atoms with Gasteiger partial charge in [0.25, 0.3) is 0 Å². The minimum atomic E-state index is -0.566. The minimum Gasteiger partial charge on any atom is -0.388 e. The van der Waals surface area contributed by atoms with E-state index in [0.29, 0.717) is 25.2 Å². The summed E-state index contributed by atoms with van der Waals surface area (Å²) in [5.41, 5.74) is 5.44. The second-order valence-electron chi connectivity index (χ2n) is 7.28. The third kappa shape index (κ3) is 4.65. The van der Waals surface area contributed by atoms with Crippen molar-refractivity contribution < 1.29 is 9.84 Å². The maximum atomic E-state index is 10.7. The lowest BCUT2D eigenvalue weighted by Gasteiger charge is -2.44. The van der Waals surface area contributed by atoms with E-state index in [9.17, 15) is 5.11 Å². The average Bonchev–Trinajstić information content (AvgIpc) is 2.47. The fourth-order valence-electron chi connectivity index (χ4n) is 4.27. The van der Waals surface area contributed by atoms with Crippen molar-refractivity contribution in [2.75, 3.05) is 33.4 Å². The summed E-state index contributed by atoms with van der Waals surface area (Å²) in [6.07, 6.45) is 7.95. The largest absolute Gasteiger partial charge is 0.388 e. The van der Waals surface area contributed by atoms with Gasteiger partial charge in [-0.2, -0.15) is 0 Å². The van der Waals surface area contributed by atoms with Crippen LogP contribution < -0.4 is 5.73 Å². The highest BCUT2D eigenvalue weighted by molar-refractivity contribution is 4.91. The second-order valence-corrected chi connectivity index (χ2v) is 7.28. The van der Waals surface area contributed by atoms with Crippen LogP contribution >= 0.6 is 0 Å². The summed E-state index contributed by atoms with van der Waals surface area (Å²) in [4.78, 5) is 2.39. The van der Waals surface area contributed by atoms with Crippen LogP contribution in [0.5, 0.6) is 0 Å². The van der Waals surface area contributed by atoms with E-state index in [1.807, 2.05) is 0 Å². The summed E-state index contributed by atoms with van der Waals surface area (Å²) in [7, 11) is 2.18. The molecule has 1 saturated carbocycles. The van der Waals surface area contributed by atoms with Crippen molar-refractivity contribution in [3.63, 3.8) is 0 Å². The predicted molar refractivity (Wildman–Crippen MR) is 86.2 cm³/mol. The lowest BCUT2D eigenvalue weighted by atomic mass is 9.75. The van der Waals surface area contributed by atoms with Crippen LogP contribution in [0, 0.1) is 11.8 Å². The summed E-state index contributed by atoms with van der Waals surface area (Å²) >= 11 is 0. The van der Waals surface area contributed by atoms with Crippen molar-refractivity contribution in [1.82, 2.24) is 4.90 Å². The zero-order valence-electron chi connectivity index (χ0n) is 13.9. The van der Waals surface area contributed by atoms with E-state index in [-0.39, 0.29) is 0 Å². The molecule has 2 rings (SSSR count). The molecule has 1 aliphatic heterocycles. The van der Waals surface area contributed by atoms with Gasteiger partial charge in [0, 0.05) is 38.6 Å². The van der Waals surface area contributed by atoms with E-state index in [0.717, 1.165) is 31.8 Å². The van der Waals surface area contributed by atoms with Gasteiger partial charge < -0.3 is 20.5 Å². The molecule has 1 heterocycles. The number of likely N-dealkylation sites (N-methyl/N-ethyl adjacent to an activating group) is 1. The van der Waals surface area contributed by atoms with E-state index < -0.39 is 5.60 Å². The van der Waals surface area contributed by atoms with Crippen LogP contribution in [0.15, 0.2) is 0 Å². The second kappa shape index (κ2) is 7.91. The van der Waals surface area contributed by atoms with E-state index in [2.05, 4.69) is 18.9 Å². The molecule has 4 nitrogen and oxygen atoms in total. The summed E-state index contributed by atoms with van der Waals surface area (Å²) in [5, 5.41) is 10.7. The van der Waals surface area contributed by atoms with Gasteiger partial charge in [-0.05, 0) is 38.3 Å². The topological polar surface area (TPSA) is 58.7 Å². The molecule has 124 valence electrons. The number of aliphatic hydroxyl groups is 1. The normalized spacial score (nSPS) is 33.3. The number of rotatable bonds is 6. The molecule has 0 spiro atoms. The SMILES string of the molecule is CCCC1CCC(CN)C(N(C)CC2(O)CCOCC2)C1. The van der Waals surface area contributed by atoms with Gasteiger partial charge in [0.15, 0.2) is 0 Å². The molecular weight excluding hydrogens is 264 g/mol. The fraction of sp³-hybridized carbons (Fsp3) is 1.00. The van der Waals surface area contributed by atoms with E-state index >= 15 is 0 Å². The van der Waals surface area contributed by atoms with Crippen LogP contribution in [-0.4, -0.2) is 55.0 Å². The molecule has 0 amide bonds. The lowest BCUT2D eigenvalue weighted by molar-refractivity contribution is -0.0871. The zero-order chi connectivity index (χ0) is 15.3. The Morgan fingerprint density at radius 3 is 2.62 bits per heavy atom. The molecule has 1 aliphatic carbocycles. The Balaban J connectivity index is 1.94. The third-order valence-electron chi connectivity index (χ3n) is 5.60. The van der Waals surface area contributed by atoms with Crippen LogP contribution in [-0.2, 0) is 4.74 Å². The van der Waals surface area contributed by atoms with Crippen LogP contribution in [0.2, 0.25) is 0 Å². The van der Waals surface area contributed by atoms with Crippen molar-refractivity contribution >= 4 is 0 Å². The number of ether oxygens (including phenoxy) is 1. The summed E-state index contributed by atoms with van der Waals surface area (Å²) in [5.74, 6) is 1.43. The molecule has 0 aromatic heterocycles. The van der Waals surface area contributed by atoms with Gasteiger partial charge in [-0.3, -0.25) is 0 Å². The summed E-state index contributed by atoms with van der Waals surface area (Å²) in [6, 6.07) is 0.534. The Kier molecular flexibility index (Phi) is 6.48. The highest BCUT2D eigenvalue weighted by Gasteiger charge is 2.37. The third-order valence-corrected chi connectivity index (χ3v) is 5.60. The maximum absolute atomic E-state index is 10.7. The standard InChI is InChI=1S/C17H34N2O2/c1-3-4-14-5-6-15(12-18)16(11-14)19(2)13-17(20)7-9-21-10-8-17/h14-16,20H,3-13,18H2,1-2H3. The Bertz CT molecular complexity index is 305. The first kappa shape index (κ1) is 17.2. The molecule has 0 aromatic carbocycles. The number of hydrogen-bond donors (Lipinski definition) is 2. The predicted octanol–water partition coefficient (Wildman–Crippen LogP) is 2.00. The Hall–Kier alpha value is -0.160. The highest BCUT2D eigenvalue weighted by atomic mass is 16.5. The molecule has 1 saturated heterocycles. The number of nitrogens with zero attached hydrogens (tertiary/aromatic N) is 1. The smallest absolute Gasteiger partial charge is 0.0817 e. The first-order valence-corrected chi connectivity index (χ1v) is 8.78. The van der Waals surface area contributed by atoms with Crippen LogP contribution in [0.4, 0.5) is 0 Å². The van der Waals surface area contributed by atoms with E-state index in [1.165, 1.54) is 32.1 Å². The maximum Gasteiger partial charge on any atom is 0.0817 e. The molecule has 4 heteroatoms. The lowest BCUT2D eigenvalue weighted by Crippen LogP contribution is -2.52. The van der Waals surface area contributed by atoms with Crippen LogP contribution in [0.25, 0.3) is 0 Å². The van der Waals surface area contributed by atoms with Crippen molar-refractivity contribution in [2.45, 2.75) is 63.5 Å². The molecule has 3 unspecified atom stereocenters. The molecule has 3 atom stereocenters. The van der Waals surface area contributed by atoms with Gasteiger partial charge in [0.2, 0.25) is 0 Å².